The SMILES string of the molecule is COc1cc2c(c(F)c1OC(C)C)CCN1CC(OC(C)(C)C)CCC21. The summed E-state index contributed by atoms with van der Waals surface area (Å²) in [7, 11) is 1.57. The molecule has 5 heteroatoms. The van der Waals surface area contributed by atoms with E-state index in [2.05, 4.69) is 25.7 Å². The number of nitrogens with zero attached hydrogens (tertiary/aromatic N) is 1. The Morgan fingerprint density at radius 3 is 2.58 bits per heavy atom. The topological polar surface area (TPSA) is 30.9 Å². The number of benzene rings is 1. The number of fused-ring (bicyclic) bond motifs is 3. The molecule has 2 aliphatic heterocycles. The summed E-state index contributed by atoms with van der Waals surface area (Å²) in [5.41, 5.74) is 1.71. The monoisotopic (exact) mass is 365 g/mol. The van der Waals surface area contributed by atoms with E-state index in [4.69, 9.17) is 14.2 Å². The van der Waals surface area contributed by atoms with Gasteiger partial charge in [0, 0.05) is 19.1 Å². The number of hydrogen-bond donors (Lipinski definition) is 0. The fourth-order valence-electron chi connectivity index (χ4n) is 4.17. The predicted octanol–water partition coefficient (Wildman–Crippen LogP) is 4.50. The first-order valence-electron chi connectivity index (χ1n) is 9.67. The number of hydrogen-bond acceptors (Lipinski definition) is 4. The molecule has 1 saturated heterocycles. The highest BCUT2D eigenvalue weighted by Gasteiger charge is 2.37. The second kappa shape index (κ2) is 7.35. The smallest absolute Gasteiger partial charge is 0.197 e. The van der Waals surface area contributed by atoms with E-state index in [-0.39, 0.29) is 35.4 Å². The summed E-state index contributed by atoms with van der Waals surface area (Å²) >= 11 is 0. The van der Waals surface area contributed by atoms with Gasteiger partial charge in [0.25, 0.3) is 0 Å². The van der Waals surface area contributed by atoms with Crippen LogP contribution >= 0.6 is 0 Å². The highest BCUT2D eigenvalue weighted by molar-refractivity contribution is 5.51. The molecule has 146 valence electrons. The molecule has 0 spiro atoms. The van der Waals surface area contributed by atoms with Gasteiger partial charge in [0.15, 0.2) is 17.3 Å². The number of rotatable bonds is 4. The first-order chi connectivity index (χ1) is 12.2. The molecule has 0 N–H and O–H groups in total. The van der Waals surface area contributed by atoms with E-state index < -0.39 is 0 Å². The zero-order valence-electron chi connectivity index (χ0n) is 16.9. The Morgan fingerprint density at radius 2 is 1.96 bits per heavy atom. The highest BCUT2D eigenvalue weighted by Crippen LogP contribution is 2.44. The van der Waals surface area contributed by atoms with Crippen LogP contribution in [-0.2, 0) is 11.2 Å². The predicted molar refractivity (Wildman–Crippen MR) is 101 cm³/mol. The van der Waals surface area contributed by atoms with Crippen LogP contribution in [0, 0.1) is 5.82 Å². The Kier molecular flexibility index (Phi) is 5.50. The lowest BCUT2D eigenvalue weighted by Gasteiger charge is -2.45. The van der Waals surface area contributed by atoms with Crippen LogP contribution in [0.4, 0.5) is 4.39 Å². The zero-order valence-corrected chi connectivity index (χ0v) is 16.9. The van der Waals surface area contributed by atoms with E-state index in [1.807, 2.05) is 19.9 Å². The van der Waals surface area contributed by atoms with E-state index in [1.54, 1.807) is 7.11 Å². The quantitative estimate of drug-likeness (QED) is 0.786. The number of ether oxygens (including phenoxy) is 3. The van der Waals surface area contributed by atoms with Gasteiger partial charge in [-0.15, -0.1) is 0 Å². The van der Waals surface area contributed by atoms with Crippen molar-refractivity contribution in [1.82, 2.24) is 4.90 Å². The van der Waals surface area contributed by atoms with Gasteiger partial charge >= 0.3 is 0 Å². The van der Waals surface area contributed by atoms with Crippen LogP contribution in [0.25, 0.3) is 0 Å². The van der Waals surface area contributed by atoms with Crippen molar-refractivity contribution in [3.8, 4) is 11.5 Å². The van der Waals surface area contributed by atoms with Gasteiger partial charge in [-0.05, 0) is 71.1 Å². The van der Waals surface area contributed by atoms with Crippen molar-refractivity contribution in [2.75, 3.05) is 20.2 Å². The molecule has 1 aromatic rings. The third-order valence-electron chi connectivity index (χ3n) is 5.07. The molecule has 0 amide bonds. The summed E-state index contributed by atoms with van der Waals surface area (Å²) in [5.74, 6) is 0.491. The van der Waals surface area contributed by atoms with Crippen LogP contribution < -0.4 is 9.47 Å². The second-order valence-electron chi connectivity index (χ2n) is 8.65. The van der Waals surface area contributed by atoms with Crippen LogP contribution in [0.2, 0.25) is 0 Å². The van der Waals surface area contributed by atoms with Crippen LogP contribution in [0.5, 0.6) is 11.5 Å². The molecule has 1 fully saturated rings. The molecule has 4 nitrogen and oxygen atoms in total. The van der Waals surface area contributed by atoms with Crippen molar-refractivity contribution >= 4 is 0 Å². The number of piperidine rings is 1. The van der Waals surface area contributed by atoms with Crippen molar-refractivity contribution in [3.63, 3.8) is 0 Å². The van der Waals surface area contributed by atoms with Crippen LogP contribution in [0.15, 0.2) is 6.07 Å². The van der Waals surface area contributed by atoms with Gasteiger partial charge in [-0.1, -0.05) is 0 Å². The largest absolute Gasteiger partial charge is 0.493 e. The van der Waals surface area contributed by atoms with Crippen molar-refractivity contribution in [2.24, 2.45) is 0 Å². The van der Waals surface area contributed by atoms with Gasteiger partial charge < -0.3 is 14.2 Å². The van der Waals surface area contributed by atoms with E-state index in [1.165, 1.54) is 0 Å². The van der Waals surface area contributed by atoms with Crippen LogP contribution in [0.3, 0.4) is 0 Å². The maximum atomic E-state index is 15.2. The minimum Gasteiger partial charge on any atom is -0.493 e. The summed E-state index contributed by atoms with van der Waals surface area (Å²) < 4.78 is 32.5. The van der Waals surface area contributed by atoms with Crippen molar-refractivity contribution in [3.05, 3.63) is 23.0 Å². The molecule has 26 heavy (non-hydrogen) atoms. The molecule has 1 aromatic carbocycles. The van der Waals surface area contributed by atoms with E-state index in [0.29, 0.717) is 12.2 Å². The first-order valence-corrected chi connectivity index (χ1v) is 9.67. The number of methoxy groups -OCH3 is 1. The molecule has 0 saturated carbocycles. The van der Waals surface area contributed by atoms with E-state index in [9.17, 15) is 0 Å². The fourth-order valence-corrected chi connectivity index (χ4v) is 4.17. The van der Waals surface area contributed by atoms with Gasteiger partial charge in [-0.2, -0.15) is 0 Å². The average molecular weight is 365 g/mol. The summed E-state index contributed by atoms with van der Waals surface area (Å²) in [5, 5.41) is 0. The third kappa shape index (κ3) is 3.99. The van der Waals surface area contributed by atoms with Gasteiger partial charge in [0.05, 0.1) is 24.9 Å². The molecule has 2 unspecified atom stereocenters. The molecule has 2 heterocycles. The summed E-state index contributed by atoms with van der Waals surface area (Å²) in [6, 6.07) is 2.22. The fraction of sp³-hybridized carbons (Fsp3) is 0.714. The van der Waals surface area contributed by atoms with Gasteiger partial charge in [-0.3, -0.25) is 4.90 Å². The average Bonchev–Trinajstić information content (AvgIpc) is 2.54. The zero-order chi connectivity index (χ0) is 19.1. The molecule has 0 radical (unpaired) electrons. The van der Waals surface area contributed by atoms with Crippen molar-refractivity contribution in [2.45, 2.75) is 77.7 Å². The molecule has 0 bridgehead atoms. The molecule has 2 atom stereocenters. The lowest BCUT2D eigenvalue weighted by molar-refractivity contribution is -0.0972. The van der Waals surface area contributed by atoms with Crippen LogP contribution in [0.1, 0.15) is 64.6 Å². The van der Waals surface area contributed by atoms with Gasteiger partial charge in [0.1, 0.15) is 0 Å². The minimum absolute atomic E-state index is 0.0958. The van der Waals surface area contributed by atoms with Gasteiger partial charge in [-0.25, -0.2) is 4.39 Å². The normalized spacial score (nSPS) is 23.5. The number of halogens is 1. The van der Waals surface area contributed by atoms with Gasteiger partial charge in [0.2, 0.25) is 0 Å². The third-order valence-corrected chi connectivity index (χ3v) is 5.07. The van der Waals surface area contributed by atoms with E-state index >= 15 is 4.39 Å². The molecule has 2 aliphatic rings. The minimum atomic E-state index is -0.249. The lowest BCUT2D eigenvalue weighted by Crippen LogP contribution is -2.47. The maximum Gasteiger partial charge on any atom is 0.197 e. The van der Waals surface area contributed by atoms with E-state index in [0.717, 1.165) is 37.1 Å². The second-order valence-corrected chi connectivity index (χ2v) is 8.65. The Bertz CT molecular complexity index is 654. The summed E-state index contributed by atoms with van der Waals surface area (Å²) in [6.45, 7) is 11.8. The molecule has 0 aromatic heterocycles. The summed E-state index contributed by atoms with van der Waals surface area (Å²) in [4.78, 5) is 2.43. The lowest BCUT2D eigenvalue weighted by atomic mass is 9.85. The summed E-state index contributed by atoms with van der Waals surface area (Å²) in [6.07, 6.45) is 2.80. The molecular formula is C21H32FNO3. The Labute approximate surface area is 156 Å². The molecule has 3 rings (SSSR count). The van der Waals surface area contributed by atoms with Crippen LogP contribution in [-0.4, -0.2) is 42.9 Å². The standard InChI is InChI=1S/C21H32FNO3/c1-13(2)25-20-18(24-6)11-16-15(19(20)22)9-10-23-12-14(7-8-17(16)23)26-21(3,4)5/h11,13-14,17H,7-10,12H2,1-6H3. The maximum absolute atomic E-state index is 15.2. The Morgan fingerprint density at radius 1 is 1.23 bits per heavy atom. The Balaban J connectivity index is 1.87. The van der Waals surface area contributed by atoms with Crippen molar-refractivity contribution < 1.29 is 18.6 Å². The first kappa shape index (κ1) is 19.4. The molecule has 0 aliphatic carbocycles. The highest BCUT2D eigenvalue weighted by atomic mass is 19.1. The Hall–Kier alpha value is -1.33. The molecular weight excluding hydrogens is 333 g/mol. The van der Waals surface area contributed by atoms with Crippen molar-refractivity contribution in [1.29, 1.82) is 0 Å².